The molecule has 1 fully saturated rings. The first kappa shape index (κ1) is 25.8. The topological polar surface area (TPSA) is 84.9 Å². The third-order valence-electron chi connectivity index (χ3n) is 8.84. The van der Waals surface area contributed by atoms with Crippen molar-refractivity contribution in [3.63, 3.8) is 0 Å². The first-order valence-corrected chi connectivity index (χ1v) is 13.8. The van der Waals surface area contributed by atoms with Crippen LogP contribution in [0.1, 0.15) is 31.8 Å². The van der Waals surface area contributed by atoms with E-state index in [0.717, 1.165) is 11.3 Å². The summed E-state index contributed by atoms with van der Waals surface area (Å²) in [6, 6.07) is 27.4. The zero-order chi connectivity index (χ0) is 29.0. The summed E-state index contributed by atoms with van der Waals surface area (Å²) in [6.07, 6.45) is 3.96. The van der Waals surface area contributed by atoms with Crippen LogP contribution in [0, 0.1) is 5.92 Å². The molecule has 0 unspecified atom stereocenters. The van der Waals surface area contributed by atoms with E-state index in [1.807, 2.05) is 65.6 Å². The number of nitrogens with zero attached hydrogens (tertiary/aromatic N) is 1. The van der Waals surface area contributed by atoms with Crippen LogP contribution in [0.15, 0.2) is 103 Å². The molecule has 1 saturated heterocycles. The molecule has 3 aliphatic heterocycles. The maximum absolute atomic E-state index is 14.8. The molecule has 208 valence electrons. The van der Waals surface area contributed by atoms with Gasteiger partial charge in [-0.3, -0.25) is 14.4 Å². The SMILES string of the molecule is COc1ccc(C(=O)[C@@H]2[C@H](C(=O)c3ccc(OC)cc3)[C@@]3(C(=O)Nc4ccccc43)[C@@H]3C=Cc4ccccc4N23)cc1. The Balaban J connectivity index is 1.50. The Hall–Kier alpha value is -5.17. The van der Waals surface area contributed by atoms with Gasteiger partial charge in [0.1, 0.15) is 23.0 Å². The second-order valence-electron chi connectivity index (χ2n) is 10.7. The van der Waals surface area contributed by atoms with Crippen molar-refractivity contribution in [2.24, 2.45) is 5.92 Å². The summed E-state index contributed by atoms with van der Waals surface area (Å²) in [5, 5.41) is 3.06. The minimum Gasteiger partial charge on any atom is -0.497 e. The van der Waals surface area contributed by atoms with Crippen LogP contribution in [-0.4, -0.2) is 43.8 Å². The number of hydrogen-bond acceptors (Lipinski definition) is 6. The molecule has 7 rings (SSSR count). The van der Waals surface area contributed by atoms with Gasteiger partial charge in [0.2, 0.25) is 5.91 Å². The van der Waals surface area contributed by atoms with Gasteiger partial charge >= 0.3 is 0 Å². The van der Waals surface area contributed by atoms with Crippen LogP contribution < -0.4 is 19.7 Å². The number of hydrogen-bond donors (Lipinski definition) is 1. The number of amides is 1. The van der Waals surface area contributed by atoms with Gasteiger partial charge in [-0.15, -0.1) is 0 Å². The van der Waals surface area contributed by atoms with Gasteiger partial charge in [0.15, 0.2) is 11.6 Å². The molecule has 0 bridgehead atoms. The molecule has 1 spiro atoms. The summed E-state index contributed by atoms with van der Waals surface area (Å²) in [6.45, 7) is 0. The van der Waals surface area contributed by atoms with Gasteiger partial charge in [-0.05, 0) is 71.8 Å². The fraction of sp³-hybridized carbons (Fsp3) is 0.171. The zero-order valence-corrected chi connectivity index (χ0v) is 23.1. The average Bonchev–Trinajstić information content (AvgIpc) is 3.52. The van der Waals surface area contributed by atoms with Crippen LogP contribution in [0.5, 0.6) is 11.5 Å². The van der Waals surface area contributed by atoms with E-state index in [4.69, 9.17) is 9.47 Å². The van der Waals surface area contributed by atoms with Gasteiger partial charge in [-0.1, -0.05) is 48.6 Å². The monoisotopic (exact) mass is 556 g/mol. The van der Waals surface area contributed by atoms with Crippen LogP contribution in [0.2, 0.25) is 0 Å². The number of fused-ring (bicyclic) bond motifs is 6. The number of anilines is 2. The van der Waals surface area contributed by atoms with E-state index in [2.05, 4.69) is 5.32 Å². The van der Waals surface area contributed by atoms with Crippen molar-refractivity contribution >= 4 is 34.9 Å². The standard InChI is InChI=1S/C35H28N2O5/c1-41-24-16-11-22(12-17-24)32(38)30-31(33(39)23-13-18-25(42-2)19-14-23)37-28-10-6-3-7-21(28)15-20-29(37)35(30)26-8-4-5-9-27(26)36-34(35)40/h3-20,29-31H,1-2H3,(H,36,40)/t29-,30+,31-,35-/m0/s1. The van der Waals surface area contributed by atoms with Gasteiger partial charge in [-0.25, -0.2) is 0 Å². The summed E-state index contributed by atoms with van der Waals surface area (Å²) in [7, 11) is 3.13. The number of nitrogens with one attached hydrogen (secondary N) is 1. The maximum Gasteiger partial charge on any atom is 0.238 e. The number of ketones is 2. The van der Waals surface area contributed by atoms with Crippen molar-refractivity contribution in [3.05, 3.63) is 125 Å². The van der Waals surface area contributed by atoms with Crippen molar-refractivity contribution in [3.8, 4) is 11.5 Å². The minimum atomic E-state index is -1.36. The molecule has 1 amide bonds. The van der Waals surface area contributed by atoms with Crippen LogP contribution in [0.4, 0.5) is 11.4 Å². The first-order valence-electron chi connectivity index (χ1n) is 13.8. The molecule has 1 N–H and O–H groups in total. The smallest absolute Gasteiger partial charge is 0.238 e. The van der Waals surface area contributed by atoms with Crippen molar-refractivity contribution in [2.45, 2.75) is 17.5 Å². The summed E-state index contributed by atoms with van der Waals surface area (Å²) < 4.78 is 10.7. The molecule has 0 aromatic heterocycles. The Bertz CT molecular complexity index is 1760. The minimum absolute atomic E-state index is 0.242. The molecule has 0 radical (unpaired) electrons. The molecular weight excluding hydrogens is 528 g/mol. The van der Waals surface area contributed by atoms with Gasteiger partial charge in [0.25, 0.3) is 0 Å². The summed E-state index contributed by atoms with van der Waals surface area (Å²) in [5.74, 6) is -0.625. The molecule has 7 heteroatoms. The van der Waals surface area contributed by atoms with Gasteiger partial charge in [0, 0.05) is 22.5 Å². The van der Waals surface area contributed by atoms with Crippen LogP contribution in [0.25, 0.3) is 6.08 Å². The molecule has 0 aliphatic carbocycles. The van der Waals surface area contributed by atoms with Crippen molar-refractivity contribution in [1.29, 1.82) is 0 Å². The predicted octanol–water partition coefficient (Wildman–Crippen LogP) is 5.56. The van der Waals surface area contributed by atoms with Gasteiger partial charge in [0.05, 0.1) is 26.2 Å². The fourth-order valence-electron chi connectivity index (χ4n) is 6.98. The van der Waals surface area contributed by atoms with E-state index < -0.39 is 23.4 Å². The molecular formula is C35H28N2O5. The van der Waals surface area contributed by atoms with Gasteiger partial charge in [-0.2, -0.15) is 0 Å². The molecule has 42 heavy (non-hydrogen) atoms. The number of rotatable bonds is 6. The fourth-order valence-corrected chi connectivity index (χ4v) is 6.98. The maximum atomic E-state index is 14.8. The summed E-state index contributed by atoms with van der Waals surface area (Å²) in [5.41, 5.74) is 2.57. The number of benzene rings is 4. The first-order chi connectivity index (χ1) is 20.5. The van der Waals surface area contributed by atoms with E-state index in [1.54, 1.807) is 62.8 Å². The Morgan fingerprint density at radius 1 is 0.762 bits per heavy atom. The largest absolute Gasteiger partial charge is 0.497 e. The lowest BCUT2D eigenvalue weighted by Crippen LogP contribution is -2.51. The van der Waals surface area contributed by atoms with Crippen LogP contribution in [-0.2, 0) is 10.2 Å². The normalized spacial score (nSPS) is 23.1. The summed E-state index contributed by atoms with van der Waals surface area (Å²) >= 11 is 0. The second-order valence-corrected chi connectivity index (χ2v) is 10.7. The average molecular weight is 557 g/mol. The van der Waals surface area contributed by atoms with E-state index in [0.29, 0.717) is 33.9 Å². The molecule has 3 heterocycles. The van der Waals surface area contributed by atoms with Crippen molar-refractivity contribution in [2.75, 3.05) is 24.4 Å². The lowest BCUT2D eigenvalue weighted by Gasteiger charge is -2.37. The third kappa shape index (κ3) is 3.56. The lowest BCUT2D eigenvalue weighted by molar-refractivity contribution is -0.121. The number of carbonyl (C=O) groups is 3. The molecule has 0 saturated carbocycles. The molecule has 4 atom stereocenters. The molecule has 3 aliphatic rings. The highest BCUT2D eigenvalue weighted by Crippen LogP contribution is 2.58. The summed E-state index contributed by atoms with van der Waals surface area (Å²) in [4.78, 5) is 45.9. The van der Waals surface area contributed by atoms with E-state index in [9.17, 15) is 14.4 Å². The van der Waals surface area contributed by atoms with E-state index in [-0.39, 0.29) is 17.5 Å². The molecule has 7 nitrogen and oxygen atoms in total. The molecule has 4 aromatic carbocycles. The number of carbonyl (C=O) groups excluding carboxylic acids is 3. The lowest BCUT2D eigenvalue weighted by atomic mass is 9.64. The number of ether oxygens (including phenoxy) is 2. The zero-order valence-electron chi connectivity index (χ0n) is 23.1. The second kappa shape index (κ2) is 9.73. The van der Waals surface area contributed by atoms with Crippen molar-refractivity contribution < 1.29 is 23.9 Å². The third-order valence-corrected chi connectivity index (χ3v) is 8.84. The predicted molar refractivity (Wildman–Crippen MR) is 160 cm³/mol. The Morgan fingerprint density at radius 2 is 1.36 bits per heavy atom. The highest BCUT2D eigenvalue weighted by Gasteiger charge is 2.70. The van der Waals surface area contributed by atoms with Crippen molar-refractivity contribution in [1.82, 2.24) is 0 Å². The van der Waals surface area contributed by atoms with Crippen LogP contribution >= 0.6 is 0 Å². The van der Waals surface area contributed by atoms with E-state index >= 15 is 0 Å². The number of methoxy groups -OCH3 is 2. The Morgan fingerprint density at radius 3 is 2.02 bits per heavy atom. The number of para-hydroxylation sites is 2. The molecule has 4 aromatic rings. The highest BCUT2D eigenvalue weighted by molar-refractivity contribution is 6.18. The number of Topliss-reactive ketones (excluding diaryl/α,β-unsaturated/α-hetero) is 2. The van der Waals surface area contributed by atoms with Gasteiger partial charge < -0.3 is 19.7 Å². The quantitative estimate of drug-likeness (QED) is 0.313. The van der Waals surface area contributed by atoms with E-state index in [1.165, 1.54) is 0 Å². The Labute approximate surface area is 243 Å². The van der Waals surface area contributed by atoms with Crippen LogP contribution in [0.3, 0.4) is 0 Å². The highest BCUT2D eigenvalue weighted by atomic mass is 16.5. The Kier molecular flexibility index (Phi) is 5.97.